The van der Waals surface area contributed by atoms with Crippen LogP contribution in [0.1, 0.15) is 18.1 Å². The van der Waals surface area contributed by atoms with E-state index in [-0.39, 0.29) is 22.4 Å². The van der Waals surface area contributed by atoms with Crippen LogP contribution in [0.5, 0.6) is 11.5 Å². The van der Waals surface area contributed by atoms with Gasteiger partial charge in [-0.3, -0.25) is 4.79 Å². The molecule has 0 saturated heterocycles. The lowest BCUT2D eigenvalue weighted by molar-refractivity contribution is -0.114. The fourth-order valence-electron chi connectivity index (χ4n) is 2.54. The molecule has 1 heterocycles. The van der Waals surface area contributed by atoms with Crippen molar-refractivity contribution in [2.45, 2.75) is 13.8 Å². The number of nitrogens with zero attached hydrogens (tertiary/aromatic N) is 2. The van der Waals surface area contributed by atoms with Gasteiger partial charge in [0, 0.05) is 0 Å². The van der Waals surface area contributed by atoms with E-state index in [1.54, 1.807) is 25.1 Å². The van der Waals surface area contributed by atoms with Crippen LogP contribution in [0.4, 0.5) is 5.69 Å². The summed E-state index contributed by atoms with van der Waals surface area (Å²) in [5, 5.41) is 15.7. The van der Waals surface area contributed by atoms with Crippen molar-refractivity contribution in [2.75, 3.05) is 12.1 Å². The lowest BCUT2D eigenvalue weighted by Crippen LogP contribution is -2.21. The highest BCUT2D eigenvalue weighted by Crippen LogP contribution is 2.36. The predicted octanol–water partition coefficient (Wildman–Crippen LogP) is 4.17. The van der Waals surface area contributed by atoms with Crippen LogP contribution in [0.15, 0.2) is 47.1 Å². The number of carbonyl (C=O) groups is 1. The average molecular weight is 357 g/mol. The van der Waals surface area contributed by atoms with Crippen molar-refractivity contribution >= 4 is 35.0 Å². The van der Waals surface area contributed by atoms with Gasteiger partial charge in [0.15, 0.2) is 11.5 Å². The highest BCUT2D eigenvalue weighted by molar-refractivity contribution is 6.33. The number of ether oxygens (including phenoxy) is 1. The molecule has 1 N–H and O–H groups in total. The van der Waals surface area contributed by atoms with Crippen LogP contribution >= 0.6 is 11.6 Å². The summed E-state index contributed by atoms with van der Waals surface area (Å²) >= 11 is 6.01. The quantitative estimate of drug-likeness (QED) is 0.839. The van der Waals surface area contributed by atoms with Gasteiger partial charge in [-0.2, -0.15) is 10.1 Å². The Hall–Kier alpha value is -2.79. The number of phenols is 1. The number of hydrogen-bond acceptors (Lipinski definition) is 4. The number of benzene rings is 2. The van der Waals surface area contributed by atoms with Crippen LogP contribution < -0.4 is 9.75 Å². The lowest BCUT2D eigenvalue weighted by Gasteiger charge is -2.12. The van der Waals surface area contributed by atoms with E-state index in [0.717, 1.165) is 5.56 Å². The van der Waals surface area contributed by atoms with Crippen molar-refractivity contribution in [2.24, 2.45) is 5.10 Å². The number of aromatic hydroxyl groups is 1. The fourth-order valence-corrected chi connectivity index (χ4v) is 2.76. The summed E-state index contributed by atoms with van der Waals surface area (Å²) in [6.07, 6.45) is 1.68. The van der Waals surface area contributed by atoms with Crippen molar-refractivity contribution in [3.8, 4) is 11.5 Å². The second-order valence-corrected chi connectivity index (χ2v) is 6.16. The molecule has 128 valence electrons. The molecule has 6 heteroatoms. The molecular weight excluding hydrogens is 340 g/mol. The van der Waals surface area contributed by atoms with E-state index in [9.17, 15) is 9.90 Å². The molecule has 1 aliphatic heterocycles. The van der Waals surface area contributed by atoms with E-state index in [1.807, 2.05) is 31.2 Å². The van der Waals surface area contributed by atoms with Gasteiger partial charge in [0.2, 0.25) is 0 Å². The van der Waals surface area contributed by atoms with Gasteiger partial charge in [-0.05, 0) is 49.8 Å². The summed E-state index contributed by atoms with van der Waals surface area (Å²) in [7, 11) is 1.44. The number of anilines is 1. The van der Waals surface area contributed by atoms with Gasteiger partial charge in [0.05, 0.1) is 29.1 Å². The summed E-state index contributed by atoms with van der Waals surface area (Å²) in [6.45, 7) is 3.76. The van der Waals surface area contributed by atoms with Crippen molar-refractivity contribution in [1.29, 1.82) is 0 Å². The zero-order valence-electron chi connectivity index (χ0n) is 14.1. The summed E-state index contributed by atoms with van der Waals surface area (Å²) in [5.41, 5.74) is 3.53. The normalized spacial score (nSPS) is 15.7. The fraction of sp³-hybridized carbons (Fsp3) is 0.158. The first-order chi connectivity index (χ1) is 11.9. The van der Waals surface area contributed by atoms with Crippen LogP contribution in [0.3, 0.4) is 0 Å². The number of hydrogen-bond donors (Lipinski definition) is 1. The minimum Gasteiger partial charge on any atom is -0.503 e. The van der Waals surface area contributed by atoms with Crippen molar-refractivity contribution < 1.29 is 14.6 Å². The van der Waals surface area contributed by atoms with Crippen LogP contribution in [0.2, 0.25) is 5.02 Å². The second-order valence-electron chi connectivity index (χ2n) is 5.75. The molecule has 2 aromatic carbocycles. The largest absolute Gasteiger partial charge is 0.503 e. The van der Waals surface area contributed by atoms with Gasteiger partial charge in [-0.25, -0.2) is 0 Å². The monoisotopic (exact) mass is 356 g/mol. The van der Waals surface area contributed by atoms with Gasteiger partial charge in [-0.15, -0.1) is 0 Å². The first-order valence-electron chi connectivity index (χ1n) is 7.65. The zero-order valence-corrected chi connectivity index (χ0v) is 14.8. The number of rotatable bonds is 3. The summed E-state index contributed by atoms with van der Waals surface area (Å²) in [5.74, 6) is -0.102. The van der Waals surface area contributed by atoms with Crippen LogP contribution in [-0.2, 0) is 4.79 Å². The summed E-state index contributed by atoms with van der Waals surface area (Å²) in [6, 6.07) is 10.8. The number of methoxy groups -OCH3 is 1. The number of aryl methyl sites for hydroxylation is 1. The number of phenolic OH excluding ortho intramolecular Hbond substituents is 1. The number of carbonyl (C=O) groups excluding carboxylic acids is 1. The molecule has 1 aliphatic rings. The molecule has 0 aliphatic carbocycles. The maximum atomic E-state index is 12.7. The molecule has 3 rings (SSSR count). The third-order valence-corrected chi connectivity index (χ3v) is 4.21. The molecule has 5 nitrogen and oxygen atoms in total. The molecule has 2 aromatic rings. The smallest absolute Gasteiger partial charge is 0.280 e. The van der Waals surface area contributed by atoms with E-state index in [4.69, 9.17) is 16.3 Å². The summed E-state index contributed by atoms with van der Waals surface area (Å²) in [4.78, 5) is 12.7. The van der Waals surface area contributed by atoms with Crippen LogP contribution in [0, 0.1) is 6.92 Å². The van der Waals surface area contributed by atoms with Gasteiger partial charge in [0.25, 0.3) is 5.91 Å². The van der Waals surface area contributed by atoms with Crippen LogP contribution in [0.25, 0.3) is 6.08 Å². The third kappa shape index (κ3) is 3.23. The van der Waals surface area contributed by atoms with Crippen molar-refractivity contribution in [3.63, 3.8) is 0 Å². The maximum absolute atomic E-state index is 12.7. The Morgan fingerprint density at radius 1 is 1.20 bits per heavy atom. The van der Waals surface area contributed by atoms with Gasteiger partial charge >= 0.3 is 0 Å². The molecule has 0 aromatic heterocycles. The first kappa shape index (κ1) is 17.0. The molecule has 0 saturated carbocycles. The maximum Gasteiger partial charge on any atom is 0.280 e. The predicted molar refractivity (Wildman–Crippen MR) is 99.4 cm³/mol. The van der Waals surface area contributed by atoms with E-state index in [2.05, 4.69) is 5.10 Å². The molecule has 0 unspecified atom stereocenters. The molecule has 0 bridgehead atoms. The van der Waals surface area contributed by atoms with Gasteiger partial charge in [0.1, 0.15) is 0 Å². The van der Waals surface area contributed by atoms with Crippen molar-refractivity contribution in [3.05, 3.63) is 58.1 Å². The Balaban J connectivity index is 1.97. The third-order valence-electron chi connectivity index (χ3n) is 3.92. The Bertz CT molecular complexity index is 902. The minimum atomic E-state index is -0.218. The van der Waals surface area contributed by atoms with E-state index in [1.165, 1.54) is 12.1 Å². The Morgan fingerprint density at radius 3 is 2.52 bits per heavy atom. The first-order valence-corrected chi connectivity index (χ1v) is 8.03. The van der Waals surface area contributed by atoms with Gasteiger partial charge in [-0.1, -0.05) is 29.3 Å². The topological polar surface area (TPSA) is 62.1 Å². The molecule has 0 radical (unpaired) electrons. The molecule has 0 spiro atoms. The van der Waals surface area contributed by atoms with Crippen molar-refractivity contribution in [1.82, 2.24) is 0 Å². The van der Waals surface area contributed by atoms with Crippen LogP contribution in [-0.4, -0.2) is 23.8 Å². The average Bonchev–Trinajstić information content (AvgIpc) is 2.86. The second kappa shape index (κ2) is 6.61. The zero-order chi connectivity index (χ0) is 18.1. The molecule has 0 fully saturated rings. The number of halogens is 1. The van der Waals surface area contributed by atoms with Gasteiger partial charge < -0.3 is 9.84 Å². The highest BCUT2D eigenvalue weighted by Gasteiger charge is 2.28. The Kier molecular flexibility index (Phi) is 4.51. The molecule has 25 heavy (non-hydrogen) atoms. The molecular formula is C19H17ClN2O3. The summed E-state index contributed by atoms with van der Waals surface area (Å²) < 4.78 is 5.10. The van der Waals surface area contributed by atoms with E-state index < -0.39 is 0 Å². The minimum absolute atomic E-state index is 0.129. The van der Waals surface area contributed by atoms with E-state index in [0.29, 0.717) is 22.5 Å². The SMILES string of the molecule is COc1cc(/C=C2/C(=O)N(c3ccc(C)cc3)N=C2C)cc(Cl)c1O. The molecule has 1 amide bonds. The Morgan fingerprint density at radius 2 is 1.88 bits per heavy atom. The molecule has 0 atom stereocenters. The number of hydrazone groups is 1. The number of amides is 1. The van der Waals surface area contributed by atoms with E-state index >= 15 is 0 Å². The standard InChI is InChI=1S/C19H17ClN2O3/c1-11-4-6-14(7-5-11)22-19(24)15(12(2)21-22)8-13-9-16(20)18(23)17(10-13)25-3/h4-10,23H,1-3H3/b15-8+. The highest BCUT2D eigenvalue weighted by atomic mass is 35.5. The Labute approximate surface area is 150 Å². The lowest BCUT2D eigenvalue weighted by atomic mass is 10.1.